The molecule has 0 saturated heterocycles. The Morgan fingerprint density at radius 3 is 2.84 bits per heavy atom. The van der Waals surface area contributed by atoms with E-state index in [2.05, 4.69) is 32.0 Å². The number of fused-ring (bicyclic) bond motifs is 2. The van der Waals surface area contributed by atoms with Gasteiger partial charge in [0.25, 0.3) is 0 Å². The Bertz CT molecular complexity index is 954. The van der Waals surface area contributed by atoms with Gasteiger partial charge in [-0.2, -0.15) is 0 Å². The lowest BCUT2D eigenvalue weighted by molar-refractivity contribution is -0.116. The molecule has 4 heteroatoms. The highest BCUT2D eigenvalue weighted by Crippen LogP contribution is 2.33. The first-order chi connectivity index (χ1) is 12.1. The molecule has 1 amide bonds. The summed E-state index contributed by atoms with van der Waals surface area (Å²) >= 11 is 1.52. The molecule has 0 radical (unpaired) electrons. The summed E-state index contributed by atoms with van der Waals surface area (Å²) in [6.45, 7) is 4.20. The van der Waals surface area contributed by atoms with Crippen molar-refractivity contribution in [2.75, 3.05) is 10.7 Å². The van der Waals surface area contributed by atoms with Gasteiger partial charge in [0, 0.05) is 17.1 Å². The van der Waals surface area contributed by atoms with Crippen LogP contribution < -0.4 is 4.90 Å². The van der Waals surface area contributed by atoms with Gasteiger partial charge in [-0.1, -0.05) is 48.2 Å². The molecule has 0 aliphatic carbocycles. The van der Waals surface area contributed by atoms with Gasteiger partial charge in [0.15, 0.2) is 0 Å². The predicted octanol–water partition coefficient (Wildman–Crippen LogP) is 4.61. The molecule has 0 N–H and O–H groups in total. The van der Waals surface area contributed by atoms with Crippen LogP contribution in [-0.2, 0) is 11.2 Å². The van der Waals surface area contributed by atoms with Gasteiger partial charge in [0.2, 0.25) is 5.91 Å². The maximum atomic E-state index is 12.8. The molecule has 0 bridgehead atoms. The van der Waals surface area contributed by atoms with Crippen molar-refractivity contribution in [3.8, 4) is 0 Å². The first-order valence-corrected chi connectivity index (χ1v) is 9.51. The molecule has 1 aliphatic heterocycles. The van der Waals surface area contributed by atoms with Crippen LogP contribution in [0.1, 0.15) is 18.1 Å². The van der Waals surface area contributed by atoms with E-state index in [1.54, 1.807) is 0 Å². The summed E-state index contributed by atoms with van der Waals surface area (Å²) in [6.07, 6.45) is 0.930. The number of carbonyl (C=O) groups is 1. The van der Waals surface area contributed by atoms with Gasteiger partial charge < -0.3 is 4.90 Å². The zero-order valence-electron chi connectivity index (χ0n) is 14.4. The summed E-state index contributed by atoms with van der Waals surface area (Å²) in [4.78, 5) is 19.4. The number of rotatable bonds is 3. The molecule has 4 rings (SSSR count). The summed E-state index contributed by atoms with van der Waals surface area (Å²) in [6, 6.07) is 18.6. The highest BCUT2D eigenvalue weighted by Gasteiger charge is 2.30. The molecule has 126 valence electrons. The summed E-state index contributed by atoms with van der Waals surface area (Å²) in [5.74, 6) is 0.554. The Hall–Kier alpha value is -2.33. The molecule has 0 saturated carbocycles. The van der Waals surface area contributed by atoms with E-state index in [-0.39, 0.29) is 11.9 Å². The van der Waals surface area contributed by atoms with Gasteiger partial charge in [-0.25, -0.2) is 4.98 Å². The second-order valence-electron chi connectivity index (χ2n) is 6.53. The number of pyridine rings is 1. The SMILES string of the molecule is Cc1cc(SCC(=O)N2c3ccccc3CC2C)nc2ccccc12. The summed E-state index contributed by atoms with van der Waals surface area (Å²) in [5, 5.41) is 2.07. The van der Waals surface area contributed by atoms with Crippen LogP contribution >= 0.6 is 11.8 Å². The minimum atomic E-state index is 0.148. The monoisotopic (exact) mass is 348 g/mol. The van der Waals surface area contributed by atoms with E-state index in [1.807, 2.05) is 41.3 Å². The second-order valence-corrected chi connectivity index (χ2v) is 7.52. The number of nitrogens with zero attached hydrogens (tertiary/aromatic N) is 2. The fourth-order valence-corrected chi connectivity index (χ4v) is 4.38. The van der Waals surface area contributed by atoms with Crippen LogP contribution in [0.25, 0.3) is 10.9 Å². The number of hydrogen-bond donors (Lipinski definition) is 0. The summed E-state index contributed by atoms with van der Waals surface area (Å²) < 4.78 is 0. The standard InChI is InChI=1S/C21H20N2OS/c1-14-11-20(22-18-9-5-4-8-17(14)18)25-13-21(24)23-15(2)12-16-7-3-6-10-19(16)23/h3-11,15H,12-13H2,1-2H3. The van der Waals surface area contributed by atoms with Gasteiger partial charge in [-0.15, -0.1) is 0 Å². The van der Waals surface area contributed by atoms with Crippen molar-refractivity contribution in [1.82, 2.24) is 4.98 Å². The van der Waals surface area contributed by atoms with Crippen LogP contribution in [0.5, 0.6) is 0 Å². The van der Waals surface area contributed by atoms with Crippen LogP contribution in [0.4, 0.5) is 5.69 Å². The molecule has 1 aliphatic rings. The van der Waals surface area contributed by atoms with Crippen molar-refractivity contribution in [3.05, 3.63) is 65.7 Å². The quantitative estimate of drug-likeness (QED) is 0.648. The topological polar surface area (TPSA) is 33.2 Å². The van der Waals surface area contributed by atoms with Crippen LogP contribution in [0.3, 0.4) is 0 Å². The fraction of sp³-hybridized carbons (Fsp3) is 0.238. The minimum Gasteiger partial charge on any atom is -0.308 e. The third-order valence-electron chi connectivity index (χ3n) is 4.72. The third-order valence-corrected chi connectivity index (χ3v) is 5.62. The number of anilines is 1. The van der Waals surface area contributed by atoms with Gasteiger partial charge in [-0.05, 0) is 49.6 Å². The average molecular weight is 348 g/mol. The number of hydrogen-bond acceptors (Lipinski definition) is 3. The van der Waals surface area contributed by atoms with Crippen molar-refractivity contribution >= 4 is 34.3 Å². The Morgan fingerprint density at radius 2 is 1.96 bits per heavy atom. The molecule has 0 spiro atoms. The molecule has 0 fully saturated rings. The lowest BCUT2D eigenvalue weighted by atomic mass is 10.1. The number of para-hydroxylation sites is 2. The van der Waals surface area contributed by atoms with E-state index in [0.717, 1.165) is 22.7 Å². The molecule has 3 aromatic rings. The van der Waals surface area contributed by atoms with E-state index in [4.69, 9.17) is 4.98 Å². The van der Waals surface area contributed by atoms with Crippen molar-refractivity contribution in [1.29, 1.82) is 0 Å². The zero-order valence-corrected chi connectivity index (χ0v) is 15.2. The summed E-state index contributed by atoms with van der Waals surface area (Å²) in [5.41, 5.74) is 4.49. The number of aryl methyl sites for hydroxylation is 1. The van der Waals surface area contributed by atoms with Gasteiger partial charge in [0.05, 0.1) is 16.3 Å². The number of amides is 1. The van der Waals surface area contributed by atoms with Crippen molar-refractivity contribution in [2.24, 2.45) is 0 Å². The first-order valence-electron chi connectivity index (χ1n) is 8.52. The largest absolute Gasteiger partial charge is 0.308 e. The number of aromatic nitrogens is 1. The molecule has 2 heterocycles. The number of benzene rings is 2. The molecule has 2 aromatic carbocycles. The van der Waals surface area contributed by atoms with E-state index in [0.29, 0.717) is 5.75 Å². The second kappa shape index (κ2) is 6.52. The van der Waals surface area contributed by atoms with Crippen LogP contribution in [0.15, 0.2) is 59.6 Å². The van der Waals surface area contributed by atoms with Crippen LogP contribution in [-0.4, -0.2) is 22.7 Å². The minimum absolute atomic E-state index is 0.148. The molecule has 3 nitrogen and oxygen atoms in total. The maximum Gasteiger partial charge on any atom is 0.237 e. The lowest BCUT2D eigenvalue weighted by Crippen LogP contribution is -2.36. The van der Waals surface area contributed by atoms with E-state index >= 15 is 0 Å². The van der Waals surface area contributed by atoms with Crippen molar-refractivity contribution < 1.29 is 4.79 Å². The normalized spacial score (nSPS) is 16.2. The smallest absolute Gasteiger partial charge is 0.237 e. The fourth-order valence-electron chi connectivity index (χ4n) is 3.54. The van der Waals surface area contributed by atoms with Gasteiger partial charge in [0.1, 0.15) is 0 Å². The number of thioether (sulfide) groups is 1. The van der Waals surface area contributed by atoms with Gasteiger partial charge in [-0.3, -0.25) is 4.79 Å². The Morgan fingerprint density at radius 1 is 1.20 bits per heavy atom. The average Bonchev–Trinajstić information content (AvgIpc) is 2.95. The number of carbonyl (C=O) groups excluding carboxylic acids is 1. The molecular weight excluding hydrogens is 328 g/mol. The van der Waals surface area contributed by atoms with Gasteiger partial charge >= 0.3 is 0 Å². The molecule has 1 aromatic heterocycles. The maximum absolute atomic E-state index is 12.8. The zero-order chi connectivity index (χ0) is 17.4. The molecule has 1 atom stereocenters. The Balaban J connectivity index is 1.53. The Kier molecular flexibility index (Phi) is 4.22. The van der Waals surface area contributed by atoms with E-state index < -0.39 is 0 Å². The molecule has 25 heavy (non-hydrogen) atoms. The predicted molar refractivity (Wildman–Crippen MR) is 104 cm³/mol. The molecule has 1 unspecified atom stereocenters. The van der Waals surface area contributed by atoms with Crippen molar-refractivity contribution in [3.63, 3.8) is 0 Å². The van der Waals surface area contributed by atoms with E-state index in [9.17, 15) is 4.79 Å². The summed E-state index contributed by atoms with van der Waals surface area (Å²) in [7, 11) is 0. The third kappa shape index (κ3) is 3.02. The highest BCUT2D eigenvalue weighted by molar-refractivity contribution is 7.99. The van der Waals surface area contributed by atoms with Crippen LogP contribution in [0, 0.1) is 6.92 Å². The molecular formula is C21H20N2OS. The lowest BCUT2D eigenvalue weighted by Gasteiger charge is -2.22. The Labute approximate surface area is 152 Å². The van der Waals surface area contributed by atoms with Crippen LogP contribution in [0.2, 0.25) is 0 Å². The van der Waals surface area contributed by atoms with Crippen molar-refractivity contribution in [2.45, 2.75) is 31.3 Å². The first kappa shape index (κ1) is 16.2. The van der Waals surface area contributed by atoms with E-state index in [1.165, 1.54) is 28.3 Å². The highest BCUT2D eigenvalue weighted by atomic mass is 32.2.